The second-order valence-electron chi connectivity index (χ2n) is 5.96. The van der Waals surface area contributed by atoms with Crippen LogP contribution in [0.4, 0.5) is 0 Å². The minimum absolute atomic E-state index is 0.808. The molecule has 0 aromatic heterocycles. The zero-order valence-corrected chi connectivity index (χ0v) is 13.6. The topological polar surface area (TPSA) is 3.24 Å². The van der Waals surface area contributed by atoms with Crippen LogP contribution in [0.25, 0.3) is 0 Å². The highest BCUT2D eigenvalue weighted by atomic mass is 79.9. The summed E-state index contributed by atoms with van der Waals surface area (Å²) in [5.74, 6) is 0.941. The molecule has 0 radical (unpaired) electrons. The average molecular weight is 343 g/mol. The van der Waals surface area contributed by atoms with Crippen LogP contribution >= 0.6 is 27.5 Å². The molecule has 1 saturated carbocycles. The van der Waals surface area contributed by atoms with Crippen LogP contribution in [0, 0.1) is 5.92 Å². The fourth-order valence-electron chi connectivity index (χ4n) is 3.79. The monoisotopic (exact) mass is 341 g/mol. The van der Waals surface area contributed by atoms with E-state index in [1.165, 1.54) is 50.6 Å². The van der Waals surface area contributed by atoms with Gasteiger partial charge < -0.3 is 0 Å². The van der Waals surface area contributed by atoms with E-state index in [2.05, 4.69) is 33.0 Å². The summed E-state index contributed by atoms with van der Waals surface area (Å²) in [6.07, 6.45) is 8.50. The first-order chi connectivity index (χ1) is 9.24. The standard InChI is InChI=1S/C16H21BrClN/c17-14-8-7-13(15(18)10-14)11-19-9-3-6-16(19)12-4-1-2-5-12/h7-8,10,12,16H,1-6,9,11H2. The summed E-state index contributed by atoms with van der Waals surface area (Å²) in [5, 5.41) is 0.895. The van der Waals surface area contributed by atoms with Crippen molar-refractivity contribution < 1.29 is 0 Å². The van der Waals surface area contributed by atoms with Gasteiger partial charge in [-0.3, -0.25) is 4.90 Å². The van der Waals surface area contributed by atoms with Gasteiger partial charge in [-0.2, -0.15) is 0 Å². The third kappa shape index (κ3) is 3.17. The van der Waals surface area contributed by atoms with Gasteiger partial charge >= 0.3 is 0 Å². The highest BCUT2D eigenvalue weighted by molar-refractivity contribution is 9.10. The van der Waals surface area contributed by atoms with Crippen molar-refractivity contribution in [2.45, 2.75) is 51.1 Å². The zero-order chi connectivity index (χ0) is 13.2. The molecule has 3 heteroatoms. The van der Waals surface area contributed by atoms with E-state index in [0.717, 1.165) is 28.0 Å². The SMILES string of the molecule is Clc1cc(Br)ccc1CN1CCCC1C1CCCC1. The summed E-state index contributed by atoms with van der Waals surface area (Å²) in [6, 6.07) is 7.08. The lowest BCUT2D eigenvalue weighted by atomic mass is 9.96. The van der Waals surface area contributed by atoms with Crippen molar-refractivity contribution in [2.75, 3.05) is 6.54 Å². The van der Waals surface area contributed by atoms with Gasteiger partial charge in [0, 0.05) is 22.1 Å². The first-order valence-corrected chi connectivity index (χ1v) is 8.59. The molecule has 1 aliphatic carbocycles. The maximum absolute atomic E-state index is 6.36. The van der Waals surface area contributed by atoms with E-state index in [9.17, 15) is 0 Å². The average Bonchev–Trinajstić information content (AvgIpc) is 3.03. The number of likely N-dealkylation sites (tertiary alicyclic amines) is 1. The van der Waals surface area contributed by atoms with Crippen LogP contribution < -0.4 is 0 Å². The number of nitrogens with zero attached hydrogens (tertiary/aromatic N) is 1. The predicted molar refractivity (Wildman–Crippen MR) is 84.5 cm³/mol. The minimum Gasteiger partial charge on any atom is -0.296 e. The summed E-state index contributed by atoms with van der Waals surface area (Å²) >= 11 is 9.84. The lowest BCUT2D eigenvalue weighted by molar-refractivity contribution is 0.183. The second-order valence-corrected chi connectivity index (χ2v) is 7.28. The van der Waals surface area contributed by atoms with Crippen LogP contribution in [-0.2, 0) is 6.54 Å². The molecule has 0 N–H and O–H groups in total. The quantitative estimate of drug-likeness (QED) is 0.724. The van der Waals surface area contributed by atoms with Gasteiger partial charge in [-0.1, -0.05) is 46.4 Å². The summed E-state index contributed by atoms with van der Waals surface area (Å²) in [6.45, 7) is 2.26. The number of hydrogen-bond donors (Lipinski definition) is 0. The summed E-state index contributed by atoms with van der Waals surface area (Å²) in [7, 11) is 0. The Morgan fingerprint density at radius 3 is 2.68 bits per heavy atom. The van der Waals surface area contributed by atoms with Gasteiger partial charge in [-0.15, -0.1) is 0 Å². The normalized spacial score (nSPS) is 25.3. The van der Waals surface area contributed by atoms with Crippen molar-refractivity contribution in [1.82, 2.24) is 4.90 Å². The maximum Gasteiger partial charge on any atom is 0.0462 e. The fraction of sp³-hybridized carbons (Fsp3) is 0.625. The Morgan fingerprint density at radius 2 is 1.95 bits per heavy atom. The van der Waals surface area contributed by atoms with E-state index < -0.39 is 0 Å². The molecule has 104 valence electrons. The van der Waals surface area contributed by atoms with E-state index in [0.29, 0.717) is 0 Å². The Hall–Kier alpha value is -0.0500. The van der Waals surface area contributed by atoms with Crippen LogP contribution in [0.15, 0.2) is 22.7 Å². The largest absolute Gasteiger partial charge is 0.296 e. The molecule has 3 rings (SSSR count). The van der Waals surface area contributed by atoms with Gasteiger partial charge in [0.1, 0.15) is 0 Å². The van der Waals surface area contributed by atoms with Gasteiger partial charge in [0.15, 0.2) is 0 Å². The highest BCUT2D eigenvalue weighted by Gasteiger charge is 2.33. The van der Waals surface area contributed by atoms with Crippen LogP contribution in [0.5, 0.6) is 0 Å². The molecule has 0 amide bonds. The van der Waals surface area contributed by atoms with Crippen LogP contribution in [0.2, 0.25) is 5.02 Å². The number of hydrogen-bond acceptors (Lipinski definition) is 1. The van der Waals surface area contributed by atoms with Crippen molar-refractivity contribution in [3.63, 3.8) is 0 Å². The maximum atomic E-state index is 6.36. The first-order valence-electron chi connectivity index (χ1n) is 7.42. The number of rotatable bonds is 3. The fourth-order valence-corrected chi connectivity index (χ4v) is 4.53. The van der Waals surface area contributed by atoms with E-state index in [4.69, 9.17) is 11.6 Å². The van der Waals surface area contributed by atoms with Gasteiger partial charge in [0.2, 0.25) is 0 Å². The molecule has 2 fully saturated rings. The molecular formula is C16H21BrClN. The molecular weight excluding hydrogens is 322 g/mol. The molecule has 1 unspecified atom stereocenters. The smallest absolute Gasteiger partial charge is 0.0462 e. The van der Waals surface area contributed by atoms with Crippen molar-refractivity contribution in [3.8, 4) is 0 Å². The Kier molecular flexibility index (Phi) is 4.51. The summed E-state index contributed by atoms with van der Waals surface area (Å²) in [4.78, 5) is 2.67. The van der Waals surface area contributed by atoms with E-state index in [1.54, 1.807) is 0 Å². The van der Waals surface area contributed by atoms with Gasteiger partial charge in [-0.05, 0) is 55.8 Å². The Balaban J connectivity index is 1.70. The Bertz CT molecular complexity index is 442. The predicted octanol–water partition coefficient (Wildman–Crippen LogP) is 5.26. The second kappa shape index (κ2) is 6.15. The lowest BCUT2D eigenvalue weighted by Gasteiger charge is -2.29. The van der Waals surface area contributed by atoms with Gasteiger partial charge in [0.05, 0.1) is 0 Å². The van der Waals surface area contributed by atoms with E-state index in [-0.39, 0.29) is 0 Å². The molecule has 1 aromatic rings. The lowest BCUT2D eigenvalue weighted by Crippen LogP contribution is -2.34. The highest BCUT2D eigenvalue weighted by Crippen LogP contribution is 2.36. The first kappa shape index (κ1) is 13.9. The van der Waals surface area contributed by atoms with Crippen LogP contribution in [-0.4, -0.2) is 17.5 Å². The molecule has 1 aromatic carbocycles. The van der Waals surface area contributed by atoms with Crippen molar-refractivity contribution >= 4 is 27.5 Å². The van der Waals surface area contributed by atoms with Crippen LogP contribution in [0.3, 0.4) is 0 Å². The molecule has 1 heterocycles. The molecule has 2 aliphatic rings. The molecule has 19 heavy (non-hydrogen) atoms. The summed E-state index contributed by atoms with van der Waals surface area (Å²) in [5.41, 5.74) is 1.27. The minimum atomic E-state index is 0.808. The Morgan fingerprint density at radius 1 is 1.16 bits per heavy atom. The van der Waals surface area contributed by atoms with Crippen molar-refractivity contribution in [1.29, 1.82) is 0 Å². The van der Waals surface area contributed by atoms with E-state index >= 15 is 0 Å². The molecule has 0 bridgehead atoms. The van der Waals surface area contributed by atoms with Crippen LogP contribution in [0.1, 0.15) is 44.1 Å². The number of halogens is 2. The van der Waals surface area contributed by atoms with Gasteiger partial charge in [-0.25, -0.2) is 0 Å². The molecule has 1 atom stereocenters. The molecule has 0 spiro atoms. The zero-order valence-electron chi connectivity index (χ0n) is 11.2. The molecule has 1 nitrogen and oxygen atoms in total. The van der Waals surface area contributed by atoms with Gasteiger partial charge in [0.25, 0.3) is 0 Å². The van der Waals surface area contributed by atoms with E-state index in [1.807, 2.05) is 6.07 Å². The number of benzene rings is 1. The third-order valence-corrected chi connectivity index (χ3v) is 5.59. The molecule has 1 saturated heterocycles. The summed E-state index contributed by atoms with van der Waals surface area (Å²) < 4.78 is 1.06. The van der Waals surface area contributed by atoms with Crippen molar-refractivity contribution in [2.24, 2.45) is 5.92 Å². The Labute approximate surface area is 129 Å². The third-order valence-electron chi connectivity index (χ3n) is 4.75. The van der Waals surface area contributed by atoms with Crippen molar-refractivity contribution in [3.05, 3.63) is 33.3 Å². The molecule has 1 aliphatic heterocycles.